The molecule has 2 atom stereocenters. The summed E-state index contributed by atoms with van der Waals surface area (Å²) in [5.74, 6) is 0.00467. The van der Waals surface area contributed by atoms with Gasteiger partial charge in [-0.05, 0) is 12.3 Å². The largest absolute Gasteiger partial charge is 0.352 e. The quantitative estimate of drug-likeness (QED) is 0.825. The van der Waals surface area contributed by atoms with Gasteiger partial charge in [-0.1, -0.05) is 20.8 Å². The second kappa shape index (κ2) is 6.00. The lowest BCUT2D eigenvalue weighted by Crippen LogP contribution is -2.43. The predicted octanol–water partition coefficient (Wildman–Crippen LogP) is 1.15. The van der Waals surface area contributed by atoms with E-state index in [2.05, 4.69) is 10.3 Å². The number of hydrogen-bond donors (Lipinski definition) is 2. The Morgan fingerprint density at radius 3 is 2.67 bits per heavy atom. The van der Waals surface area contributed by atoms with Crippen molar-refractivity contribution in [1.29, 1.82) is 0 Å². The highest BCUT2D eigenvalue weighted by atomic mass is 16.1. The van der Waals surface area contributed by atoms with Gasteiger partial charge in [-0.15, -0.1) is 0 Å². The van der Waals surface area contributed by atoms with Crippen molar-refractivity contribution in [3.8, 4) is 0 Å². The zero-order valence-electron chi connectivity index (χ0n) is 11.7. The van der Waals surface area contributed by atoms with E-state index in [0.29, 0.717) is 6.42 Å². The van der Waals surface area contributed by atoms with E-state index in [1.54, 1.807) is 12.5 Å². The summed E-state index contributed by atoms with van der Waals surface area (Å²) in [6.45, 7) is 8.82. The van der Waals surface area contributed by atoms with Gasteiger partial charge in [-0.25, -0.2) is 4.98 Å². The third-order valence-electron chi connectivity index (χ3n) is 2.97. The average Bonchev–Trinajstić information content (AvgIpc) is 2.67. The van der Waals surface area contributed by atoms with Crippen molar-refractivity contribution in [2.24, 2.45) is 11.1 Å². The molecule has 0 fully saturated rings. The molecular weight excluding hydrogens is 228 g/mol. The highest BCUT2D eigenvalue weighted by Gasteiger charge is 2.23. The Hall–Kier alpha value is -1.36. The van der Waals surface area contributed by atoms with Crippen molar-refractivity contribution >= 4 is 5.91 Å². The van der Waals surface area contributed by atoms with Crippen molar-refractivity contribution in [2.45, 2.75) is 52.7 Å². The minimum atomic E-state index is -0.127. The first-order chi connectivity index (χ1) is 8.29. The fourth-order valence-electron chi connectivity index (χ4n) is 1.60. The van der Waals surface area contributed by atoms with Gasteiger partial charge in [0.25, 0.3) is 0 Å². The maximum atomic E-state index is 11.8. The molecule has 2 unspecified atom stereocenters. The number of carbonyl (C=O) groups is 1. The molecule has 0 aromatic carbocycles. The van der Waals surface area contributed by atoms with Crippen LogP contribution in [0.1, 0.15) is 34.1 Å². The number of nitrogens with two attached hydrogens (primary N) is 1. The summed E-state index contributed by atoms with van der Waals surface area (Å²) in [5.41, 5.74) is 5.94. The Morgan fingerprint density at radius 2 is 2.17 bits per heavy atom. The van der Waals surface area contributed by atoms with Crippen LogP contribution in [0.15, 0.2) is 18.7 Å². The van der Waals surface area contributed by atoms with Crippen molar-refractivity contribution < 1.29 is 4.79 Å². The van der Waals surface area contributed by atoms with Gasteiger partial charge in [-0.3, -0.25) is 4.79 Å². The van der Waals surface area contributed by atoms with Crippen LogP contribution in [0.5, 0.6) is 0 Å². The average molecular weight is 252 g/mol. The normalized spacial score (nSPS) is 15.2. The van der Waals surface area contributed by atoms with E-state index in [1.807, 2.05) is 38.5 Å². The van der Waals surface area contributed by atoms with E-state index in [9.17, 15) is 4.79 Å². The zero-order valence-corrected chi connectivity index (χ0v) is 11.7. The smallest absolute Gasteiger partial charge is 0.221 e. The molecule has 5 nitrogen and oxygen atoms in total. The first kappa shape index (κ1) is 14.7. The van der Waals surface area contributed by atoms with Gasteiger partial charge < -0.3 is 15.6 Å². The standard InChI is InChI=1S/C13H24N4O/c1-10(8-17-6-5-15-9-17)16-12(18)7-11(14)13(2,3)4/h5-6,9-11H,7-8,14H2,1-4H3,(H,16,18). The molecule has 1 heterocycles. The highest BCUT2D eigenvalue weighted by Crippen LogP contribution is 2.19. The number of nitrogens with one attached hydrogen (secondary N) is 1. The number of rotatable bonds is 5. The first-order valence-corrected chi connectivity index (χ1v) is 6.29. The van der Waals surface area contributed by atoms with Gasteiger partial charge in [-0.2, -0.15) is 0 Å². The first-order valence-electron chi connectivity index (χ1n) is 6.29. The molecule has 0 radical (unpaired) electrons. The molecule has 1 rings (SSSR count). The van der Waals surface area contributed by atoms with E-state index in [0.717, 1.165) is 6.54 Å². The van der Waals surface area contributed by atoms with Crippen LogP contribution in [0.3, 0.4) is 0 Å². The van der Waals surface area contributed by atoms with E-state index < -0.39 is 0 Å². The van der Waals surface area contributed by atoms with Crippen molar-refractivity contribution in [3.63, 3.8) is 0 Å². The number of hydrogen-bond acceptors (Lipinski definition) is 3. The van der Waals surface area contributed by atoms with Crippen LogP contribution in [0.4, 0.5) is 0 Å². The summed E-state index contributed by atoms with van der Waals surface area (Å²) in [7, 11) is 0. The number of nitrogens with zero attached hydrogens (tertiary/aromatic N) is 2. The molecule has 0 aliphatic rings. The molecular formula is C13H24N4O. The summed E-state index contributed by atoms with van der Waals surface area (Å²) >= 11 is 0. The maximum absolute atomic E-state index is 11.8. The molecule has 5 heteroatoms. The fourth-order valence-corrected chi connectivity index (χ4v) is 1.60. The highest BCUT2D eigenvalue weighted by molar-refractivity contribution is 5.76. The molecule has 3 N–H and O–H groups in total. The van der Waals surface area contributed by atoms with Crippen LogP contribution in [0.2, 0.25) is 0 Å². The van der Waals surface area contributed by atoms with E-state index in [4.69, 9.17) is 5.73 Å². The van der Waals surface area contributed by atoms with Crippen LogP contribution in [-0.4, -0.2) is 27.5 Å². The Balaban J connectivity index is 2.36. The number of carbonyl (C=O) groups excluding carboxylic acids is 1. The van der Waals surface area contributed by atoms with Crippen LogP contribution in [-0.2, 0) is 11.3 Å². The van der Waals surface area contributed by atoms with Crippen LogP contribution < -0.4 is 11.1 Å². The molecule has 0 saturated carbocycles. The summed E-state index contributed by atoms with van der Waals surface area (Å²) in [5, 5.41) is 2.95. The molecule has 0 saturated heterocycles. The predicted molar refractivity (Wildman–Crippen MR) is 71.9 cm³/mol. The second-order valence-electron chi connectivity index (χ2n) is 5.90. The van der Waals surface area contributed by atoms with Gasteiger partial charge in [0.05, 0.1) is 6.33 Å². The molecule has 1 aromatic heterocycles. The van der Waals surface area contributed by atoms with Crippen LogP contribution >= 0.6 is 0 Å². The van der Waals surface area contributed by atoms with Crippen LogP contribution in [0, 0.1) is 5.41 Å². The lowest BCUT2D eigenvalue weighted by atomic mass is 9.85. The molecule has 1 amide bonds. The minimum absolute atomic E-state index is 0.00467. The van der Waals surface area contributed by atoms with Gasteiger partial charge in [0.1, 0.15) is 0 Å². The van der Waals surface area contributed by atoms with E-state index in [1.165, 1.54) is 0 Å². The topological polar surface area (TPSA) is 72.9 Å². The summed E-state index contributed by atoms with van der Waals surface area (Å²) in [6.07, 6.45) is 5.70. The Labute approximate surface area is 109 Å². The van der Waals surface area contributed by atoms with E-state index in [-0.39, 0.29) is 23.4 Å². The maximum Gasteiger partial charge on any atom is 0.221 e. The molecule has 0 aliphatic carbocycles. The van der Waals surface area contributed by atoms with E-state index >= 15 is 0 Å². The van der Waals surface area contributed by atoms with Gasteiger partial charge >= 0.3 is 0 Å². The van der Waals surface area contributed by atoms with Gasteiger partial charge in [0.15, 0.2) is 0 Å². The second-order valence-corrected chi connectivity index (χ2v) is 5.90. The number of imidazole rings is 1. The zero-order chi connectivity index (χ0) is 13.8. The molecule has 102 valence electrons. The molecule has 0 aliphatic heterocycles. The third kappa shape index (κ3) is 4.87. The summed E-state index contributed by atoms with van der Waals surface area (Å²) < 4.78 is 1.94. The Morgan fingerprint density at radius 1 is 1.50 bits per heavy atom. The minimum Gasteiger partial charge on any atom is -0.352 e. The summed E-state index contributed by atoms with van der Waals surface area (Å²) in [6, 6.07) is -0.0585. The third-order valence-corrected chi connectivity index (χ3v) is 2.97. The van der Waals surface area contributed by atoms with Crippen molar-refractivity contribution in [3.05, 3.63) is 18.7 Å². The van der Waals surface area contributed by atoms with Gasteiger partial charge in [0.2, 0.25) is 5.91 Å². The number of aromatic nitrogens is 2. The lowest BCUT2D eigenvalue weighted by Gasteiger charge is -2.27. The molecule has 0 bridgehead atoms. The summed E-state index contributed by atoms with van der Waals surface area (Å²) in [4.78, 5) is 15.8. The van der Waals surface area contributed by atoms with Crippen LogP contribution in [0.25, 0.3) is 0 Å². The Bertz CT molecular complexity index is 367. The van der Waals surface area contributed by atoms with Gasteiger partial charge in [0, 0.05) is 37.4 Å². The SMILES string of the molecule is CC(Cn1ccnc1)NC(=O)CC(N)C(C)(C)C. The monoisotopic (exact) mass is 252 g/mol. The molecule has 1 aromatic rings. The Kier molecular flexibility index (Phi) is 4.90. The number of amides is 1. The molecule has 0 spiro atoms. The lowest BCUT2D eigenvalue weighted by molar-refractivity contribution is -0.122. The van der Waals surface area contributed by atoms with Crippen molar-refractivity contribution in [2.75, 3.05) is 0 Å². The fraction of sp³-hybridized carbons (Fsp3) is 0.692. The van der Waals surface area contributed by atoms with Crippen molar-refractivity contribution in [1.82, 2.24) is 14.9 Å². The molecule has 18 heavy (non-hydrogen) atoms.